The van der Waals surface area contributed by atoms with Crippen molar-refractivity contribution in [2.75, 3.05) is 0 Å². The van der Waals surface area contributed by atoms with Gasteiger partial charge in [0.15, 0.2) is 5.16 Å². The SMILES string of the molecule is CC(Sc1nc2ccccc2c(=O)n1C1CCCCC1)C(=O)NCc1ccccc1. The van der Waals surface area contributed by atoms with Crippen molar-refractivity contribution in [3.63, 3.8) is 0 Å². The summed E-state index contributed by atoms with van der Waals surface area (Å²) in [5, 5.41) is 3.94. The molecule has 156 valence electrons. The van der Waals surface area contributed by atoms with Gasteiger partial charge in [-0.1, -0.05) is 73.5 Å². The van der Waals surface area contributed by atoms with E-state index in [1.807, 2.05) is 66.1 Å². The Morgan fingerprint density at radius 1 is 1.10 bits per heavy atom. The fourth-order valence-corrected chi connectivity index (χ4v) is 5.01. The molecule has 1 fully saturated rings. The maximum absolute atomic E-state index is 13.3. The molecule has 1 aliphatic rings. The monoisotopic (exact) mass is 421 g/mol. The van der Waals surface area contributed by atoms with Gasteiger partial charge in [0, 0.05) is 12.6 Å². The molecular formula is C24H27N3O2S. The number of carbonyl (C=O) groups is 1. The van der Waals surface area contributed by atoms with Gasteiger partial charge in [-0.2, -0.15) is 0 Å². The van der Waals surface area contributed by atoms with Gasteiger partial charge in [-0.15, -0.1) is 0 Å². The van der Waals surface area contributed by atoms with E-state index >= 15 is 0 Å². The van der Waals surface area contributed by atoms with E-state index in [0.717, 1.165) is 31.2 Å². The average Bonchev–Trinajstić information content (AvgIpc) is 2.79. The summed E-state index contributed by atoms with van der Waals surface area (Å²) in [5.41, 5.74) is 1.76. The van der Waals surface area contributed by atoms with E-state index in [1.54, 1.807) is 0 Å². The first-order valence-electron chi connectivity index (χ1n) is 10.6. The van der Waals surface area contributed by atoms with E-state index in [1.165, 1.54) is 18.2 Å². The van der Waals surface area contributed by atoms with Crippen LogP contribution in [0.5, 0.6) is 0 Å². The van der Waals surface area contributed by atoms with E-state index < -0.39 is 0 Å². The zero-order valence-corrected chi connectivity index (χ0v) is 18.0. The van der Waals surface area contributed by atoms with Crippen LogP contribution in [0, 0.1) is 0 Å². The number of rotatable bonds is 6. The first kappa shape index (κ1) is 20.7. The highest BCUT2D eigenvalue weighted by molar-refractivity contribution is 8.00. The molecule has 0 spiro atoms. The Bertz CT molecular complexity index is 1070. The summed E-state index contributed by atoms with van der Waals surface area (Å²) in [5.74, 6) is -0.0542. The zero-order valence-electron chi connectivity index (χ0n) is 17.2. The Kier molecular flexibility index (Phi) is 6.53. The minimum Gasteiger partial charge on any atom is -0.351 e. The predicted molar refractivity (Wildman–Crippen MR) is 122 cm³/mol. The van der Waals surface area contributed by atoms with Crippen LogP contribution in [0.15, 0.2) is 64.5 Å². The molecule has 30 heavy (non-hydrogen) atoms. The molecule has 1 N–H and O–H groups in total. The average molecular weight is 422 g/mol. The van der Waals surface area contributed by atoms with Crippen LogP contribution in [0.3, 0.4) is 0 Å². The molecule has 1 aromatic heterocycles. The maximum Gasteiger partial charge on any atom is 0.262 e. The van der Waals surface area contributed by atoms with Crippen LogP contribution in [0.25, 0.3) is 10.9 Å². The quantitative estimate of drug-likeness (QED) is 0.463. The second-order valence-electron chi connectivity index (χ2n) is 7.84. The first-order chi connectivity index (χ1) is 14.6. The number of para-hydroxylation sites is 1. The third kappa shape index (κ3) is 4.59. The highest BCUT2D eigenvalue weighted by Gasteiger charge is 2.24. The van der Waals surface area contributed by atoms with E-state index in [2.05, 4.69) is 5.32 Å². The maximum atomic E-state index is 13.3. The molecule has 0 aliphatic heterocycles. The third-order valence-corrected chi connectivity index (χ3v) is 6.74. The highest BCUT2D eigenvalue weighted by atomic mass is 32.2. The standard InChI is InChI=1S/C24H27N3O2S/c1-17(22(28)25-16-18-10-4-2-5-11-18)30-24-26-21-15-9-8-14-20(21)23(29)27(24)19-12-6-3-7-13-19/h2,4-5,8-11,14-15,17,19H,3,6-7,12-13,16H2,1H3,(H,25,28). The summed E-state index contributed by atoms with van der Waals surface area (Å²) in [6.45, 7) is 2.36. The number of nitrogens with zero attached hydrogens (tertiary/aromatic N) is 2. The molecule has 0 radical (unpaired) electrons. The van der Waals surface area contributed by atoms with E-state index in [0.29, 0.717) is 22.6 Å². The second kappa shape index (κ2) is 9.47. The summed E-state index contributed by atoms with van der Waals surface area (Å²) in [7, 11) is 0. The van der Waals surface area contributed by atoms with Crippen LogP contribution >= 0.6 is 11.8 Å². The highest BCUT2D eigenvalue weighted by Crippen LogP contribution is 2.32. The number of hydrogen-bond acceptors (Lipinski definition) is 4. The minimum atomic E-state index is -0.350. The summed E-state index contributed by atoms with van der Waals surface area (Å²) in [4.78, 5) is 30.8. The van der Waals surface area contributed by atoms with Crippen molar-refractivity contribution < 1.29 is 4.79 Å². The molecule has 5 nitrogen and oxygen atoms in total. The molecule has 0 saturated heterocycles. The first-order valence-corrected chi connectivity index (χ1v) is 11.5. The Balaban J connectivity index is 1.58. The molecule has 1 amide bonds. The van der Waals surface area contributed by atoms with Crippen LogP contribution in [-0.4, -0.2) is 20.7 Å². The van der Waals surface area contributed by atoms with Gasteiger partial charge in [-0.25, -0.2) is 4.98 Å². The molecule has 1 saturated carbocycles. The van der Waals surface area contributed by atoms with Gasteiger partial charge in [0.2, 0.25) is 5.91 Å². The normalized spacial score (nSPS) is 15.8. The third-order valence-electron chi connectivity index (χ3n) is 5.68. The van der Waals surface area contributed by atoms with E-state index in [9.17, 15) is 9.59 Å². The second-order valence-corrected chi connectivity index (χ2v) is 9.15. The summed E-state index contributed by atoms with van der Waals surface area (Å²) >= 11 is 1.38. The van der Waals surface area contributed by atoms with E-state index in [4.69, 9.17) is 4.98 Å². The number of carbonyl (C=O) groups excluding carboxylic acids is 1. The van der Waals surface area contributed by atoms with Crippen molar-refractivity contribution in [2.24, 2.45) is 0 Å². The van der Waals surface area contributed by atoms with Gasteiger partial charge in [-0.3, -0.25) is 14.2 Å². The van der Waals surface area contributed by atoms with E-state index in [-0.39, 0.29) is 22.8 Å². The topological polar surface area (TPSA) is 64.0 Å². The van der Waals surface area contributed by atoms with Gasteiger partial charge in [0.05, 0.1) is 16.2 Å². The van der Waals surface area contributed by atoms with Crippen molar-refractivity contribution in [3.05, 3.63) is 70.5 Å². The summed E-state index contributed by atoms with van der Waals surface area (Å²) < 4.78 is 1.85. The number of amides is 1. The molecule has 2 aromatic carbocycles. The number of aromatic nitrogens is 2. The minimum absolute atomic E-state index is 0.00638. The fourth-order valence-electron chi connectivity index (χ4n) is 4.01. The van der Waals surface area contributed by atoms with Crippen molar-refractivity contribution in [1.82, 2.24) is 14.9 Å². The molecule has 3 aromatic rings. The molecule has 1 heterocycles. The van der Waals surface area contributed by atoms with Crippen LogP contribution in [0.1, 0.15) is 50.6 Å². The summed E-state index contributed by atoms with van der Waals surface area (Å²) in [6, 6.07) is 17.5. The molecule has 1 atom stereocenters. The largest absolute Gasteiger partial charge is 0.351 e. The number of nitrogens with one attached hydrogen (secondary N) is 1. The van der Waals surface area contributed by atoms with Gasteiger partial charge in [0.25, 0.3) is 5.56 Å². The van der Waals surface area contributed by atoms with Crippen molar-refractivity contribution >= 4 is 28.6 Å². The molecular weight excluding hydrogens is 394 g/mol. The van der Waals surface area contributed by atoms with Crippen LogP contribution in [0.4, 0.5) is 0 Å². The number of thioether (sulfide) groups is 1. The fraction of sp³-hybridized carbons (Fsp3) is 0.375. The van der Waals surface area contributed by atoms with Gasteiger partial charge < -0.3 is 5.32 Å². The van der Waals surface area contributed by atoms with Crippen molar-refractivity contribution in [1.29, 1.82) is 0 Å². The van der Waals surface area contributed by atoms with Gasteiger partial charge in [-0.05, 0) is 37.5 Å². The van der Waals surface area contributed by atoms with Gasteiger partial charge in [0.1, 0.15) is 0 Å². The lowest BCUT2D eigenvalue weighted by molar-refractivity contribution is -0.120. The number of hydrogen-bond donors (Lipinski definition) is 1. The lowest BCUT2D eigenvalue weighted by Gasteiger charge is -2.26. The number of benzene rings is 2. The lowest BCUT2D eigenvalue weighted by atomic mass is 9.95. The Morgan fingerprint density at radius 2 is 1.80 bits per heavy atom. The molecule has 4 rings (SSSR count). The van der Waals surface area contributed by atoms with Gasteiger partial charge >= 0.3 is 0 Å². The van der Waals surface area contributed by atoms with Crippen molar-refractivity contribution in [2.45, 2.75) is 62.0 Å². The van der Waals surface area contributed by atoms with Crippen molar-refractivity contribution in [3.8, 4) is 0 Å². The Hall–Kier alpha value is -2.60. The number of fused-ring (bicyclic) bond motifs is 1. The van der Waals surface area contributed by atoms with Crippen LogP contribution < -0.4 is 10.9 Å². The molecule has 0 bridgehead atoms. The Morgan fingerprint density at radius 3 is 2.57 bits per heavy atom. The molecule has 1 aliphatic carbocycles. The summed E-state index contributed by atoms with van der Waals surface area (Å²) in [6.07, 6.45) is 5.44. The lowest BCUT2D eigenvalue weighted by Crippen LogP contribution is -2.33. The van der Waals surface area contributed by atoms with Crippen LogP contribution in [0.2, 0.25) is 0 Å². The predicted octanol–water partition coefficient (Wildman–Crippen LogP) is 4.70. The smallest absolute Gasteiger partial charge is 0.262 e. The van der Waals surface area contributed by atoms with Crippen LogP contribution in [-0.2, 0) is 11.3 Å². The zero-order chi connectivity index (χ0) is 20.9. The Labute approximate surface area is 180 Å². The molecule has 1 unspecified atom stereocenters. The molecule has 6 heteroatoms.